The number of hydrogen-bond acceptors (Lipinski definition) is 4. The average molecular weight is 294 g/mol. The van der Waals surface area contributed by atoms with Crippen LogP contribution in [0.4, 0.5) is 5.69 Å². The number of carbonyl (C=O) groups is 1. The van der Waals surface area contributed by atoms with Gasteiger partial charge in [0.2, 0.25) is 0 Å². The SMILES string of the molecule is CSC(=Nc1ccc(Cl)cc1)C1(O)C=CC(=O)C=C1. The van der Waals surface area contributed by atoms with Crippen molar-refractivity contribution in [2.45, 2.75) is 5.60 Å². The van der Waals surface area contributed by atoms with Crippen molar-refractivity contribution in [3.05, 3.63) is 53.6 Å². The van der Waals surface area contributed by atoms with Gasteiger partial charge in [0.1, 0.15) is 5.04 Å². The van der Waals surface area contributed by atoms with Crippen molar-refractivity contribution in [2.24, 2.45) is 4.99 Å². The number of aliphatic imine (C=N–C) groups is 1. The summed E-state index contributed by atoms with van der Waals surface area (Å²) in [6.45, 7) is 0. The van der Waals surface area contributed by atoms with Gasteiger partial charge in [-0.3, -0.25) is 4.79 Å². The molecule has 0 spiro atoms. The van der Waals surface area contributed by atoms with Gasteiger partial charge in [0.05, 0.1) is 5.69 Å². The third-order valence-corrected chi connectivity index (χ3v) is 3.65. The van der Waals surface area contributed by atoms with Crippen LogP contribution in [-0.2, 0) is 4.79 Å². The molecule has 98 valence electrons. The van der Waals surface area contributed by atoms with Crippen molar-refractivity contribution in [3.8, 4) is 0 Å². The van der Waals surface area contributed by atoms with Gasteiger partial charge in [-0.25, -0.2) is 4.99 Å². The van der Waals surface area contributed by atoms with E-state index in [4.69, 9.17) is 11.6 Å². The number of benzene rings is 1. The van der Waals surface area contributed by atoms with Gasteiger partial charge >= 0.3 is 0 Å². The number of halogens is 1. The second-order valence-electron chi connectivity index (χ2n) is 3.99. The third-order valence-electron chi connectivity index (χ3n) is 2.60. The van der Waals surface area contributed by atoms with E-state index < -0.39 is 5.60 Å². The van der Waals surface area contributed by atoms with E-state index in [2.05, 4.69) is 4.99 Å². The number of ketones is 1. The van der Waals surface area contributed by atoms with Crippen molar-refractivity contribution < 1.29 is 9.90 Å². The molecular formula is C14H12ClNO2S. The fourth-order valence-electron chi connectivity index (χ4n) is 1.60. The lowest BCUT2D eigenvalue weighted by molar-refractivity contribution is -0.110. The van der Waals surface area contributed by atoms with E-state index in [1.807, 2.05) is 6.26 Å². The van der Waals surface area contributed by atoms with E-state index in [-0.39, 0.29) is 5.78 Å². The largest absolute Gasteiger partial charge is 0.375 e. The van der Waals surface area contributed by atoms with Crippen LogP contribution >= 0.6 is 23.4 Å². The minimum absolute atomic E-state index is 0.142. The molecule has 0 aliphatic heterocycles. The zero-order valence-electron chi connectivity index (χ0n) is 10.2. The third kappa shape index (κ3) is 3.35. The van der Waals surface area contributed by atoms with Crippen molar-refractivity contribution in [3.63, 3.8) is 0 Å². The maximum atomic E-state index is 11.1. The Morgan fingerprint density at radius 3 is 2.37 bits per heavy atom. The van der Waals surface area contributed by atoms with Crippen molar-refractivity contribution in [1.29, 1.82) is 0 Å². The minimum Gasteiger partial charge on any atom is -0.375 e. The van der Waals surface area contributed by atoms with Crippen LogP contribution in [0.2, 0.25) is 5.02 Å². The molecule has 19 heavy (non-hydrogen) atoms. The molecule has 1 aliphatic carbocycles. The molecule has 1 aromatic rings. The molecule has 0 atom stereocenters. The first-order valence-electron chi connectivity index (χ1n) is 5.57. The van der Waals surface area contributed by atoms with E-state index in [9.17, 15) is 9.90 Å². The van der Waals surface area contributed by atoms with E-state index in [1.54, 1.807) is 24.3 Å². The molecular weight excluding hydrogens is 282 g/mol. The Labute approximate surface area is 120 Å². The van der Waals surface area contributed by atoms with Crippen molar-refractivity contribution >= 4 is 39.9 Å². The van der Waals surface area contributed by atoms with Crippen LogP contribution in [0.3, 0.4) is 0 Å². The van der Waals surface area contributed by atoms with Gasteiger partial charge in [-0.05, 0) is 54.8 Å². The number of rotatable bonds is 2. The Kier molecular flexibility index (Phi) is 4.24. The normalized spacial score (nSPS) is 17.8. The molecule has 0 saturated heterocycles. The molecule has 0 fully saturated rings. The van der Waals surface area contributed by atoms with Crippen LogP contribution < -0.4 is 0 Å². The molecule has 0 bridgehead atoms. The van der Waals surface area contributed by atoms with Gasteiger partial charge in [0, 0.05) is 5.02 Å². The van der Waals surface area contributed by atoms with Gasteiger partial charge in [0.15, 0.2) is 11.4 Å². The number of thioether (sulfide) groups is 1. The first-order valence-corrected chi connectivity index (χ1v) is 7.17. The summed E-state index contributed by atoms with van der Waals surface area (Å²) < 4.78 is 0. The Balaban J connectivity index is 2.34. The fourth-order valence-corrected chi connectivity index (χ4v) is 2.39. The highest BCUT2D eigenvalue weighted by molar-refractivity contribution is 8.13. The predicted molar refractivity (Wildman–Crippen MR) is 80.3 cm³/mol. The van der Waals surface area contributed by atoms with Crippen LogP contribution in [0, 0.1) is 0 Å². The van der Waals surface area contributed by atoms with Crippen molar-refractivity contribution in [2.75, 3.05) is 6.26 Å². The molecule has 1 N–H and O–H groups in total. The highest BCUT2D eigenvalue weighted by Gasteiger charge is 2.29. The van der Waals surface area contributed by atoms with Crippen LogP contribution in [0.25, 0.3) is 0 Å². The van der Waals surface area contributed by atoms with Crippen molar-refractivity contribution in [1.82, 2.24) is 0 Å². The van der Waals surface area contributed by atoms with Crippen LogP contribution in [0.15, 0.2) is 53.6 Å². The van der Waals surface area contributed by atoms with E-state index in [1.165, 1.54) is 36.1 Å². The monoisotopic (exact) mass is 293 g/mol. The predicted octanol–water partition coefficient (Wildman–Crippen LogP) is 3.16. The molecule has 2 rings (SSSR count). The molecule has 0 heterocycles. The van der Waals surface area contributed by atoms with Crippen LogP contribution in [-0.4, -0.2) is 27.8 Å². The summed E-state index contributed by atoms with van der Waals surface area (Å²) in [6, 6.07) is 7.00. The summed E-state index contributed by atoms with van der Waals surface area (Å²) >= 11 is 7.14. The zero-order valence-corrected chi connectivity index (χ0v) is 11.8. The Morgan fingerprint density at radius 2 is 1.84 bits per heavy atom. The lowest BCUT2D eigenvalue weighted by Crippen LogP contribution is -2.33. The Morgan fingerprint density at radius 1 is 1.26 bits per heavy atom. The average Bonchev–Trinajstić information content (AvgIpc) is 2.41. The summed E-state index contributed by atoms with van der Waals surface area (Å²) in [5.41, 5.74) is -0.631. The van der Waals surface area contributed by atoms with E-state index in [0.29, 0.717) is 15.8 Å². The van der Waals surface area contributed by atoms with Crippen LogP contribution in [0.1, 0.15) is 0 Å². The number of nitrogens with zero attached hydrogens (tertiary/aromatic N) is 1. The molecule has 0 unspecified atom stereocenters. The first-order chi connectivity index (χ1) is 9.03. The Hall–Kier alpha value is -1.36. The summed E-state index contributed by atoms with van der Waals surface area (Å²) in [4.78, 5) is 15.5. The zero-order chi connectivity index (χ0) is 13.9. The molecule has 0 amide bonds. The van der Waals surface area contributed by atoms with E-state index >= 15 is 0 Å². The number of carbonyl (C=O) groups excluding carboxylic acids is 1. The maximum absolute atomic E-state index is 11.1. The molecule has 1 aromatic carbocycles. The molecule has 0 aromatic heterocycles. The molecule has 0 radical (unpaired) electrons. The summed E-state index contributed by atoms with van der Waals surface area (Å²) in [5, 5.41) is 11.6. The summed E-state index contributed by atoms with van der Waals surface area (Å²) in [5.74, 6) is -0.142. The van der Waals surface area contributed by atoms with E-state index in [0.717, 1.165) is 0 Å². The van der Waals surface area contributed by atoms with Crippen LogP contribution in [0.5, 0.6) is 0 Å². The molecule has 5 heteroatoms. The van der Waals surface area contributed by atoms with Gasteiger partial charge in [0.25, 0.3) is 0 Å². The second kappa shape index (κ2) is 5.74. The number of aliphatic hydroxyl groups is 1. The number of allylic oxidation sites excluding steroid dienone is 2. The summed E-state index contributed by atoms with van der Waals surface area (Å²) in [7, 11) is 0. The van der Waals surface area contributed by atoms with Gasteiger partial charge in [-0.1, -0.05) is 11.6 Å². The molecule has 0 saturated carbocycles. The number of hydrogen-bond donors (Lipinski definition) is 1. The second-order valence-corrected chi connectivity index (χ2v) is 5.22. The lowest BCUT2D eigenvalue weighted by atomic mass is 9.99. The first kappa shape index (κ1) is 14.1. The quantitative estimate of drug-likeness (QED) is 0.673. The molecule has 3 nitrogen and oxygen atoms in total. The summed E-state index contributed by atoms with van der Waals surface area (Å²) in [6.07, 6.45) is 7.40. The highest BCUT2D eigenvalue weighted by atomic mass is 35.5. The molecule has 1 aliphatic rings. The van der Waals surface area contributed by atoms with Gasteiger partial charge in [-0.15, -0.1) is 11.8 Å². The Bertz CT molecular complexity index is 560. The van der Waals surface area contributed by atoms with Gasteiger partial charge < -0.3 is 5.11 Å². The highest BCUT2D eigenvalue weighted by Crippen LogP contribution is 2.26. The fraction of sp³-hybridized carbons (Fsp3) is 0.143. The minimum atomic E-state index is -1.33. The smallest absolute Gasteiger partial charge is 0.178 e. The topological polar surface area (TPSA) is 49.7 Å². The standard InChI is InChI=1S/C14H12ClNO2S/c1-19-13(14(18)8-6-12(17)7-9-14)16-11-4-2-10(15)3-5-11/h2-9,18H,1H3. The lowest BCUT2D eigenvalue weighted by Gasteiger charge is -2.23. The van der Waals surface area contributed by atoms with Gasteiger partial charge in [-0.2, -0.15) is 0 Å². The maximum Gasteiger partial charge on any atom is 0.178 e.